The van der Waals surface area contributed by atoms with E-state index < -0.39 is 35.9 Å². The number of amides is 1. The third-order valence-corrected chi connectivity index (χ3v) is 4.15. The van der Waals surface area contributed by atoms with Crippen molar-refractivity contribution in [3.05, 3.63) is 30.4 Å². The number of fused-ring (bicyclic) bond motifs is 2. The largest absolute Gasteiger partial charge is 0.497 e. The second-order valence-electron chi connectivity index (χ2n) is 5.40. The smallest absolute Gasteiger partial charge is 0.310 e. The van der Waals surface area contributed by atoms with Crippen LogP contribution in [-0.2, 0) is 14.3 Å². The molecule has 1 aromatic rings. The van der Waals surface area contributed by atoms with Crippen LogP contribution in [0.3, 0.4) is 0 Å². The van der Waals surface area contributed by atoms with E-state index >= 15 is 0 Å². The SMILES string of the molecule is COc1ccc(OC)c(NC(=O)[C@H]2[C@H](C(=O)O)[C@H]3C=C[C@H]2O3)c1. The Kier molecular flexibility index (Phi) is 3.96. The fraction of sp³-hybridized carbons (Fsp3) is 0.375. The van der Waals surface area contributed by atoms with Crippen LogP contribution in [0.25, 0.3) is 0 Å². The first-order valence-corrected chi connectivity index (χ1v) is 7.14. The van der Waals surface area contributed by atoms with Gasteiger partial charge in [0.2, 0.25) is 5.91 Å². The minimum atomic E-state index is -1.04. The molecule has 122 valence electrons. The zero-order valence-electron chi connectivity index (χ0n) is 12.7. The number of rotatable bonds is 5. The molecule has 2 aliphatic heterocycles. The number of methoxy groups -OCH3 is 2. The minimum Gasteiger partial charge on any atom is -0.497 e. The summed E-state index contributed by atoms with van der Waals surface area (Å²) < 4.78 is 15.9. The molecule has 2 heterocycles. The predicted octanol–water partition coefficient (Wildman–Crippen LogP) is 1.30. The zero-order valence-corrected chi connectivity index (χ0v) is 12.7. The molecule has 1 fully saturated rings. The summed E-state index contributed by atoms with van der Waals surface area (Å²) in [7, 11) is 3.00. The van der Waals surface area contributed by atoms with Crippen molar-refractivity contribution >= 4 is 17.6 Å². The van der Waals surface area contributed by atoms with Crippen molar-refractivity contribution in [2.75, 3.05) is 19.5 Å². The Bertz CT molecular complexity index is 671. The maximum Gasteiger partial charge on any atom is 0.310 e. The molecule has 0 radical (unpaired) electrons. The average Bonchev–Trinajstić information content (AvgIpc) is 3.15. The summed E-state index contributed by atoms with van der Waals surface area (Å²) in [5.74, 6) is -2.11. The van der Waals surface area contributed by atoms with Crippen LogP contribution in [0.1, 0.15) is 0 Å². The fourth-order valence-corrected chi connectivity index (χ4v) is 3.04. The van der Waals surface area contributed by atoms with E-state index in [-0.39, 0.29) is 0 Å². The number of carboxylic acids is 1. The number of benzene rings is 1. The van der Waals surface area contributed by atoms with E-state index in [4.69, 9.17) is 14.2 Å². The van der Waals surface area contributed by atoms with Gasteiger partial charge < -0.3 is 24.6 Å². The molecule has 0 aliphatic carbocycles. The molecule has 7 nitrogen and oxygen atoms in total. The Morgan fingerprint density at radius 3 is 2.43 bits per heavy atom. The van der Waals surface area contributed by atoms with Gasteiger partial charge >= 0.3 is 5.97 Å². The fourth-order valence-electron chi connectivity index (χ4n) is 3.04. The molecule has 0 unspecified atom stereocenters. The number of carboxylic acid groups (broad SMARTS) is 1. The van der Waals surface area contributed by atoms with Crippen LogP contribution in [0.15, 0.2) is 30.4 Å². The molecule has 1 aromatic carbocycles. The van der Waals surface area contributed by atoms with Crippen molar-refractivity contribution in [2.45, 2.75) is 12.2 Å². The number of hydrogen-bond donors (Lipinski definition) is 2. The van der Waals surface area contributed by atoms with E-state index in [2.05, 4.69) is 5.32 Å². The normalized spacial score (nSPS) is 27.7. The standard InChI is InChI=1S/C16H17NO6/c1-21-8-3-4-10(22-2)9(7-8)17-15(18)13-11-5-6-12(23-11)14(13)16(19)20/h3-7,11-14H,1-2H3,(H,17,18)(H,19,20)/t11-,12-,13-,14-/m1/s1. The Hall–Kier alpha value is -2.54. The molecule has 0 aromatic heterocycles. The first-order chi connectivity index (χ1) is 11.0. The van der Waals surface area contributed by atoms with Gasteiger partial charge in [-0.1, -0.05) is 12.2 Å². The van der Waals surface area contributed by atoms with Gasteiger partial charge in [0, 0.05) is 6.07 Å². The van der Waals surface area contributed by atoms with E-state index in [0.717, 1.165) is 0 Å². The van der Waals surface area contributed by atoms with Crippen LogP contribution >= 0.6 is 0 Å². The third-order valence-electron chi connectivity index (χ3n) is 4.15. The van der Waals surface area contributed by atoms with E-state index in [9.17, 15) is 14.7 Å². The monoisotopic (exact) mass is 319 g/mol. The minimum absolute atomic E-state index is 0.416. The molecule has 2 N–H and O–H groups in total. The molecule has 2 aliphatic rings. The van der Waals surface area contributed by atoms with E-state index in [1.807, 2.05) is 0 Å². The van der Waals surface area contributed by atoms with Crippen molar-refractivity contribution < 1.29 is 28.9 Å². The molecular weight excluding hydrogens is 302 g/mol. The molecule has 0 spiro atoms. The second-order valence-corrected chi connectivity index (χ2v) is 5.40. The molecule has 23 heavy (non-hydrogen) atoms. The lowest BCUT2D eigenvalue weighted by Crippen LogP contribution is -2.39. The van der Waals surface area contributed by atoms with Crippen molar-refractivity contribution in [2.24, 2.45) is 11.8 Å². The van der Waals surface area contributed by atoms with Gasteiger partial charge in [0.15, 0.2) is 0 Å². The summed E-state index contributed by atoms with van der Waals surface area (Å²) >= 11 is 0. The van der Waals surface area contributed by atoms with Crippen molar-refractivity contribution in [1.82, 2.24) is 0 Å². The highest BCUT2D eigenvalue weighted by Crippen LogP contribution is 2.40. The van der Waals surface area contributed by atoms with E-state index in [1.165, 1.54) is 14.2 Å². The van der Waals surface area contributed by atoms with Gasteiger partial charge in [-0.2, -0.15) is 0 Å². The molecular formula is C16H17NO6. The van der Waals surface area contributed by atoms with Crippen LogP contribution in [-0.4, -0.2) is 43.4 Å². The Balaban J connectivity index is 1.84. The third kappa shape index (κ3) is 2.63. The zero-order chi connectivity index (χ0) is 16.6. The summed E-state index contributed by atoms with van der Waals surface area (Å²) in [5, 5.41) is 12.1. The molecule has 0 saturated carbocycles. The highest BCUT2D eigenvalue weighted by atomic mass is 16.5. The summed E-state index contributed by atoms with van der Waals surface area (Å²) in [6, 6.07) is 4.99. The van der Waals surface area contributed by atoms with Gasteiger partial charge in [0.1, 0.15) is 17.4 Å². The average molecular weight is 319 g/mol. The molecule has 2 bridgehead atoms. The number of ether oxygens (including phenoxy) is 3. The number of aliphatic carboxylic acids is 1. The van der Waals surface area contributed by atoms with Crippen LogP contribution in [0, 0.1) is 11.8 Å². The van der Waals surface area contributed by atoms with Crippen LogP contribution < -0.4 is 14.8 Å². The Labute approximate surface area is 132 Å². The van der Waals surface area contributed by atoms with Crippen molar-refractivity contribution in [3.63, 3.8) is 0 Å². The first kappa shape index (κ1) is 15.4. The first-order valence-electron chi connectivity index (χ1n) is 7.14. The number of anilines is 1. The Morgan fingerprint density at radius 2 is 1.83 bits per heavy atom. The van der Waals surface area contributed by atoms with Gasteiger partial charge in [-0.3, -0.25) is 9.59 Å². The molecule has 4 atom stereocenters. The van der Waals surface area contributed by atoms with Gasteiger partial charge in [0.25, 0.3) is 0 Å². The van der Waals surface area contributed by atoms with Gasteiger partial charge in [-0.25, -0.2) is 0 Å². The summed E-state index contributed by atoms with van der Waals surface area (Å²) in [4.78, 5) is 24.0. The highest BCUT2D eigenvalue weighted by Gasteiger charge is 2.53. The lowest BCUT2D eigenvalue weighted by Gasteiger charge is -2.21. The lowest BCUT2D eigenvalue weighted by molar-refractivity contribution is -0.145. The quantitative estimate of drug-likeness (QED) is 0.795. The highest BCUT2D eigenvalue weighted by molar-refractivity contribution is 5.97. The number of hydrogen-bond acceptors (Lipinski definition) is 5. The Morgan fingerprint density at radius 1 is 1.13 bits per heavy atom. The van der Waals surface area contributed by atoms with Crippen molar-refractivity contribution in [3.8, 4) is 11.5 Å². The van der Waals surface area contributed by atoms with Gasteiger partial charge in [0.05, 0.1) is 38.0 Å². The molecule has 3 rings (SSSR count). The van der Waals surface area contributed by atoms with Gasteiger partial charge in [-0.15, -0.1) is 0 Å². The van der Waals surface area contributed by atoms with Gasteiger partial charge in [-0.05, 0) is 12.1 Å². The van der Waals surface area contributed by atoms with Crippen molar-refractivity contribution in [1.29, 1.82) is 0 Å². The molecule has 7 heteroatoms. The summed E-state index contributed by atoms with van der Waals surface area (Å²) in [5.41, 5.74) is 0.424. The lowest BCUT2D eigenvalue weighted by atomic mass is 9.82. The van der Waals surface area contributed by atoms with E-state index in [0.29, 0.717) is 17.2 Å². The van der Waals surface area contributed by atoms with Crippen LogP contribution in [0.4, 0.5) is 5.69 Å². The molecule has 1 saturated heterocycles. The number of carbonyl (C=O) groups is 2. The maximum absolute atomic E-state index is 12.6. The van der Waals surface area contributed by atoms with E-state index in [1.54, 1.807) is 30.4 Å². The summed E-state index contributed by atoms with van der Waals surface area (Å²) in [6.45, 7) is 0. The molecule has 1 amide bonds. The predicted molar refractivity (Wildman–Crippen MR) is 80.6 cm³/mol. The second kappa shape index (κ2) is 5.92. The van der Waals surface area contributed by atoms with Crippen LogP contribution in [0.2, 0.25) is 0 Å². The topological polar surface area (TPSA) is 94.1 Å². The number of nitrogens with one attached hydrogen (secondary N) is 1. The maximum atomic E-state index is 12.6. The van der Waals surface area contributed by atoms with Crippen LogP contribution in [0.5, 0.6) is 11.5 Å². The number of carbonyl (C=O) groups excluding carboxylic acids is 1. The summed E-state index contributed by atoms with van der Waals surface area (Å²) in [6.07, 6.45) is 2.36.